The third kappa shape index (κ3) is 4.57. The van der Waals surface area contributed by atoms with E-state index in [4.69, 9.17) is 0 Å². The van der Waals surface area contributed by atoms with Crippen molar-refractivity contribution in [2.75, 3.05) is 0 Å². The van der Waals surface area contributed by atoms with Crippen molar-refractivity contribution in [1.29, 1.82) is 0 Å². The van der Waals surface area contributed by atoms with E-state index in [9.17, 15) is 0 Å². The molecule has 0 aliphatic heterocycles. The summed E-state index contributed by atoms with van der Waals surface area (Å²) < 4.78 is 0. The molecule has 0 N–H and O–H groups in total. The molecule has 0 radical (unpaired) electrons. The van der Waals surface area contributed by atoms with Crippen LogP contribution in [0.3, 0.4) is 0 Å². The molecule has 0 aromatic carbocycles. The van der Waals surface area contributed by atoms with Crippen LogP contribution in [0.25, 0.3) is 0 Å². The number of rotatable bonds is 0. The summed E-state index contributed by atoms with van der Waals surface area (Å²) in [6, 6.07) is 0. The molecule has 0 bridgehead atoms. The van der Waals surface area contributed by atoms with Crippen molar-refractivity contribution in [1.82, 2.24) is 0 Å². The van der Waals surface area contributed by atoms with Gasteiger partial charge in [-0.15, -0.1) is 0 Å². The van der Waals surface area contributed by atoms with E-state index in [1.165, 1.54) is 44.9 Å². The fourth-order valence-electron chi connectivity index (χ4n) is 2.96. The van der Waals surface area contributed by atoms with Gasteiger partial charge in [-0.1, -0.05) is 53.9 Å². The van der Waals surface area contributed by atoms with Crippen molar-refractivity contribution in [3.63, 3.8) is 0 Å². The van der Waals surface area contributed by atoms with E-state index in [0.29, 0.717) is 10.8 Å². The SMILES string of the molecule is CC1(C)CCCCC(C(C)(C)C)CCC1. The van der Waals surface area contributed by atoms with Crippen LogP contribution in [0.15, 0.2) is 0 Å². The first-order valence-electron chi connectivity index (χ1n) is 6.81. The minimum atomic E-state index is 0.522. The predicted molar refractivity (Wildman–Crippen MR) is 69.0 cm³/mol. The Morgan fingerprint density at radius 2 is 1.40 bits per heavy atom. The minimum absolute atomic E-state index is 0.522. The van der Waals surface area contributed by atoms with E-state index >= 15 is 0 Å². The first kappa shape index (κ1) is 13.1. The molecule has 1 rings (SSSR count). The van der Waals surface area contributed by atoms with Crippen molar-refractivity contribution < 1.29 is 0 Å². The Balaban J connectivity index is 2.53. The molecule has 0 aromatic heterocycles. The number of hydrogen-bond acceptors (Lipinski definition) is 0. The van der Waals surface area contributed by atoms with Gasteiger partial charge in [0.15, 0.2) is 0 Å². The highest BCUT2D eigenvalue weighted by Crippen LogP contribution is 2.39. The normalized spacial score (nSPS) is 29.0. The molecule has 1 unspecified atom stereocenters. The lowest BCUT2D eigenvalue weighted by atomic mass is 9.75. The van der Waals surface area contributed by atoms with Gasteiger partial charge in [-0.3, -0.25) is 0 Å². The van der Waals surface area contributed by atoms with Gasteiger partial charge < -0.3 is 0 Å². The second-order valence-corrected chi connectivity index (χ2v) is 7.37. The van der Waals surface area contributed by atoms with Crippen LogP contribution in [0.4, 0.5) is 0 Å². The maximum absolute atomic E-state index is 2.45. The van der Waals surface area contributed by atoms with Gasteiger partial charge in [0.1, 0.15) is 0 Å². The van der Waals surface area contributed by atoms with Crippen LogP contribution in [0.5, 0.6) is 0 Å². The molecule has 1 saturated carbocycles. The van der Waals surface area contributed by atoms with E-state index in [0.717, 1.165) is 5.92 Å². The molecule has 1 aliphatic rings. The van der Waals surface area contributed by atoms with Crippen LogP contribution >= 0.6 is 0 Å². The zero-order valence-corrected chi connectivity index (χ0v) is 11.5. The van der Waals surface area contributed by atoms with Gasteiger partial charge in [0.25, 0.3) is 0 Å². The summed E-state index contributed by atoms with van der Waals surface area (Å²) >= 11 is 0. The first-order valence-corrected chi connectivity index (χ1v) is 6.81. The molecule has 1 atom stereocenters. The molecule has 0 nitrogen and oxygen atoms in total. The van der Waals surface area contributed by atoms with Crippen molar-refractivity contribution in [3.05, 3.63) is 0 Å². The molecule has 0 heterocycles. The van der Waals surface area contributed by atoms with Crippen LogP contribution in [-0.4, -0.2) is 0 Å². The summed E-state index contributed by atoms with van der Waals surface area (Å²) in [5, 5.41) is 0. The highest BCUT2D eigenvalue weighted by Gasteiger charge is 2.27. The summed E-state index contributed by atoms with van der Waals surface area (Å²) in [5.74, 6) is 0.950. The van der Waals surface area contributed by atoms with Crippen LogP contribution in [-0.2, 0) is 0 Å². The van der Waals surface area contributed by atoms with Gasteiger partial charge in [-0.05, 0) is 42.4 Å². The minimum Gasteiger partial charge on any atom is -0.0599 e. The van der Waals surface area contributed by atoms with Crippen molar-refractivity contribution in [3.8, 4) is 0 Å². The Morgan fingerprint density at radius 3 is 2.00 bits per heavy atom. The Bertz CT molecular complexity index is 183. The van der Waals surface area contributed by atoms with Crippen LogP contribution in [0, 0.1) is 16.7 Å². The van der Waals surface area contributed by atoms with Gasteiger partial charge in [-0.2, -0.15) is 0 Å². The second-order valence-electron chi connectivity index (χ2n) is 7.37. The quantitative estimate of drug-likeness (QED) is 0.501. The summed E-state index contributed by atoms with van der Waals surface area (Å²) in [6.07, 6.45) is 10.1. The average Bonchev–Trinajstić information content (AvgIpc) is 2.13. The molecule has 15 heavy (non-hydrogen) atoms. The maximum Gasteiger partial charge on any atom is -0.0354 e. The molecular formula is C15H30. The molecule has 0 amide bonds. The fourth-order valence-corrected chi connectivity index (χ4v) is 2.96. The van der Waals surface area contributed by atoms with E-state index in [-0.39, 0.29) is 0 Å². The molecule has 0 spiro atoms. The third-order valence-corrected chi connectivity index (χ3v) is 4.29. The molecule has 0 aromatic rings. The highest BCUT2D eigenvalue weighted by molar-refractivity contribution is 4.78. The molecule has 1 aliphatic carbocycles. The number of hydrogen-bond donors (Lipinski definition) is 0. The van der Waals surface area contributed by atoms with Gasteiger partial charge in [0.05, 0.1) is 0 Å². The average molecular weight is 210 g/mol. The van der Waals surface area contributed by atoms with Crippen LogP contribution in [0.1, 0.15) is 79.6 Å². The smallest absolute Gasteiger partial charge is 0.0354 e. The van der Waals surface area contributed by atoms with Crippen LogP contribution < -0.4 is 0 Å². The van der Waals surface area contributed by atoms with Gasteiger partial charge >= 0.3 is 0 Å². The van der Waals surface area contributed by atoms with E-state index in [2.05, 4.69) is 34.6 Å². The molecule has 90 valence electrons. The van der Waals surface area contributed by atoms with Gasteiger partial charge in [0, 0.05) is 0 Å². The summed E-state index contributed by atoms with van der Waals surface area (Å²) in [5.41, 5.74) is 1.13. The molecular weight excluding hydrogens is 180 g/mol. The first-order chi connectivity index (χ1) is 6.81. The lowest BCUT2D eigenvalue weighted by molar-refractivity contribution is 0.202. The van der Waals surface area contributed by atoms with E-state index in [1.807, 2.05) is 0 Å². The van der Waals surface area contributed by atoms with Crippen molar-refractivity contribution >= 4 is 0 Å². The Kier molecular flexibility index (Phi) is 4.26. The zero-order chi connectivity index (χ0) is 11.5. The van der Waals surface area contributed by atoms with Crippen molar-refractivity contribution in [2.45, 2.75) is 79.6 Å². The van der Waals surface area contributed by atoms with Gasteiger partial charge in [0.2, 0.25) is 0 Å². The largest absolute Gasteiger partial charge is 0.0599 e. The van der Waals surface area contributed by atoms with Crippen molar-refractivity contribution in [2.24, 2.45) is 16.7 Å². The Morgan fingerprint density at radius 1 is 0.867 bits per heavy atom. The fraction of sp³-hybridized carbons (Fsp3) is 1.00. The lowest BCUT2D eigenvalue weighted by Crippen LogP contribution is -2.20. The van der Waals surface area contributed by atoms with Gasteiger partial charge in [-0.25, -0.2) is 0 Å². The topological polar surface area (TPSA) is 0 Å². The lowest BCUT2D eigenvalue weighted by Gasteiger charge is -2.31. The predicted octanol–water partition coefficient (Wildman–Crippen LogP) is 5.42. The Labute approximate surface area is 96.8 Å². The summed E-state index contributed by atoms with van der Waals surface area (Å²) in [4.78, 5) is 0. The molecule has 0 heteroatoms. The Hall–Kier alpha value is 0. The third-order valence-electron chi connectivity index (χ3n) is 4.29. The second kappa shape index (κ2) is 4.89. The monoisotopic (exact) mass is 210 g/mol. The zero-order valence-electron chi connectivity index (χ0n) is 11.5. The van der Waals surface area contributed by atoms with E-state index in [1.54, 1.807) is 0 Å². The maximum atomic E-state index is 2.45. The highest BCUT2D eigenvalue weighted by atomic mass is 14.3. The molecule has 0 saturated heterocycles. The summed E-state index contributed by atoms with van der Waals surface area (Å²) in [6.45, 7) is 12.1. The van der Waals surface area contributed by atoms with E-state index < -0.39 is 0 Å². The van der Waals surface area contributed by atoms with Crippen LogP contribution in [0.2, 0.25) is 0 Å². The standard InChI is InChI=1S/C15H30/c1-14(2,3)13-9-6-7-11-15(4,5)12-8-10-13/h13H,6-12H2,1-5H3. The molecule has 1 fully saturated rings. The summed E-state index contributed by atoms with van der Waals surface area (Å²) in [7, 11) is 0.